The largest absolute Gasteiger partial charge is 0.364 e. The summed E-state index contributed by atoms with van der Waals surface area (Å²) in [6.45, 7) is 2.66. The molecule has 3 aromatic carbocycles. The second-order valence-corrected chi connectivity index (χ2v) is 9.79. The second kappa shape index (κ2) is 9.25. The molecule has 8 heteroatoms. The van der Waals surface area contributed by atoms with Crippen LogP contribution in [0.25, 0.3) is 33.2 Å². The van der Waals surface area contributed by atoms with Gasteiger partial charge in [-0.25, -0.2) is 13.6 Å². The predicted molar refractivity (Wildman–Crippen MR) is 138 cm³/mol. The lowest BCUT2D eigenvalue weighted by Gasteiger charge is -2.15. The van der Waals surface area contributed by atoms with Crippen LogP contribution >= 0.6 is 0 Å². The van der Waals surface area contributed by atoms with Crippen molar-refractivity contribution in [3.8, 4) is 22.4 Å². The number of aryl methyl sites for hydroxylation is 1. The van der Waals surface area contributed by atoms with Crippen molar-refractivity contribution in [1.82, 2.24) is 15.2 Å². The molecule has 0 unspecified atom stereocenters. The SMILES string of the molecule is Cc1ccccc1CNc1nnc(-c2cncc(S(N)(=O)=O)c2)c2cccc(-c3ccccc3)c12. The molecule has 0 bridgehead atoms. The maximum atomic E-state index is 11.9. The highest BCUT2D eigenvalue weighted by atomic mass is 32.2. The maximum absolute atomic E-state index is 11.9. The van der Waals surface area contributed by atoms with Crippen LogP contribution < -0.4 is 10.5 Å². The van der Waals surface area contributed by atoms with Crippen molar-refractivity contribution in [2.45, 2.75) is 18.4 Å². The molecule has 0 aliphatic rings. The van der Waals surface area contributed by atoms with Crippen molar-refractivity contribution in [2.75, 3.05) is 5.32 Å². The number of nitrogens with zero attached hydrogens (tertiary/aromatic N) is 3. The number of fused-ring (bicyclic) bond motifs is 1. The molecular weight excluding hydrogens is 458 g/mol. The minimum absolute atomic E-state index is 0.0779. The van der Waals surface area contributed by atoms with E-state index >= 15 is 0 Å². The van der Waals surface area contributed by atoms with Gasteiger partial charge in [-0.3, -0.25) is 4.98 Å². The van der Waals surface area contributed by atoms with Gasteiger partial charge in [0, 0.05) is 35.3 Å². The smallest absolute Gasteiger partial charge is 0.239 e. The third-order valence-electron chi connectivity index (χ3n) is 5.91. The van der Waals surface area contributed by atoms with E-state index in [0.717, 1.165) is 27.5 Å². The van der Waals surface area contributed by atoms with E-state index in [9.17, 15) is 8.42 Å². The van der Waals surface area contributed by atoms with E-state index < -0.39 is 10.0 Å². The van der Waals surface area contributed by atoms with Gasteiger partial charge < -0.3 is 5.32 Å². The molecule has 174 valence electrons. The fraction of sp³-hybridized carbons (Fsp3) is 0.0741. The summed E-state index contributed by atoms with van der Waals surface area (Å²) in [7, 11) is -3.91. The lowest BCUT2D eigenvalue weighted by atomic mass is 9.96. The normalized spacial score (nSPS) is 11.5. The van der Waals surface area contributed by atoms with E-state index in [2.05, 4.69) is 39.6 Å². The summed E-state index contributed by atoms with van der Waals surface area (Å²) < 4.78 is 23.8. The van der Waals surface area contributed by atoms with Gasteiger partial charge >= 0.3 is 0 Å². The molecule has 0 saturated heterocycles. The average molecular weight is 482 g/mol. The summed E-state index contributed by atoms with van der Waals surface area (Å²) in [6.07, 6.45) is 2.79. The molecule has 2 aromatic heterocycles. The van der Waals surface area contributed by atoms with E-state index in [1.165, 1.54) is 17.8 Å². The number of sulfonamides is 1. The lowest BCUT2D eigenvalue weighted by molar-refractivity contribution is 0.597. The minimum atomic E-state index is -3.91. The Bertz CT molecular complexity index is 1640. The van der Waals surface area contributed by atoms with Gasteiger partial charge in [0.25, 0.3) is 0 Å². The van der Waals surface area contributed by atoms with E-state index in [4.69, 9.17) is 5.14 Å². The van der Waals surface area contributed by atoms with Crippen LogP contribution in [-0.4, -0.2) is 23.6 Å². The Morgan fingerprint density at radius 2 is 1.63 bits per heavy atom. The molecule has 0 spiro atoms. The van der Waals surface area contributed by atoms with Crippen LogP contribution in [-0.2, 0) is 16.6 Å². The molecule has 35 heavy (non-hydrogen) atoms. The molecule has 2 heterocycles. The number of rotatable bonds is 6. The number of anilines is 1. The third-order valence-corrected chi connectivity index (χ3v) is 6.79. The minimum Gasteiger partial charge on any atom is -0.364 e. The third kappa shape index (κ3) is 4.62. The Morgan fingerprint density at radius 1 is 0.857 bits per heavy atom. The standard InChI is InChI=1S/C27H23N5O2S/c1-18-8-5-6-11-20(18)16-30-27-25-23(19-9-3-2-4-10-19)12-7-13-24(25)26(31-32-27)21-14-22(17-29-15-21)35(28,33)34/h2-15,17H,16H2,1H3,(H,30,32)(H2,28,33,34). The Kier molecular flexibility index (Phi) is 5.98. The summed E-state index contributed by atoms with van der Waals surface area (Å²) in [6, 6.07) is 25.6. The van der Waals surface area contributed by atoms with Crippen LogP contribution in [0.1, 0.15) is 11.1 Å². The molecule has 0 atom stereocenters. The number of nitrogens with two attached hydrogens (primary N) is 1. The quantitative estimate of drug-likeness (QED) is 0.356. The zero-order chi connectivity index (χ0) is 24.4. The average Bonchev–Trinajstić information content (AvgIpc) is 2.88. The van der Waals surface area contributed by atoms with Crippen molar-refractivity contribution in [2.24, 2.45) is 5.14 Å². The van der Waals surface area contributed by atoms with Gasteiger partial charge in [-0.1, -0.05) is 72.8 Å². The zero-order valence-electron chi connectivity index (χ0n) is 19.0. The van der Waals surface area contributed by atoms with Crippen molar-refractivity contribution in [1.29, 1.82) is 0 Å². The number of primary sulfonamides is 1. The van der Waals surface area contributed by atoms with Gasteiger partial charge in [0.05, 0.1) is 0 Å². The molecule has 0 aliphatic heterocycles. The van der Waals surface area contributed by atoms with Gasteiger partial charge in [0.1, 0.15) is 10.6 Å². The molecular formula is C27H23N5O2S. The van der Waals surface area contributed by atoms with Crippen molar-refractivity contribution in [3.05, 3.63) is 102 Å². The zero-order valence-corrected chi connectivity index (χ0v) is 19.8. The van der Waals surface area contributed by atoms with Gasteiger partial charge in [-0.15, -0.1) is 10.2 Å². The number of hydrogen-bond acceptors (Lipinski definition) is 6. The Morgan fingerprint density at radius 3 is 2.40 bits per heavy atom. The molecule has 7 nitrogen and oxygen atoms in total. The molecule has 5 aromatic rings. The Hall–Kier alpha value is -4.14. The predicted octanol–water partition coefficient (Wildman–Crippen LogP) is 4.93. The second-order valence-electron chi connectivity index (χ2n) is 8.23. The van der Waals surface area contributed by atoms with Crippen LogP contribution in [0.2, 0.25) is 0 Å². The summed E-state index contributed by atoms with van der Waals surface area (Å²) in [4.78, 5) is 4.00. The molecule has 0 aliphatic carbocycles. The maximum Gasteiger partial charge on any atom is 0.239 e. The molecule has 0 radical (unpaired) electrons. The first kappa shape index (κ1) is 22.6. The van der Waals surface area contributed by atoms with Gasteiger partial charge in [0.2, 0.25) is 10.0 Å². The molecule has 0 saturated carbocycles. The molecule has 0 amide bonds. The first-order valence-electron chi connectivity index (χ1n) is 11.0. The number of pyridine rings is 1. The van der Waals surface area contributed by atoms with E-state index in [-0.39, 0.29) is 4.90 Å². The Balaban J connectivity index is 1.71. The van der Waals surface area contributed by atoms with E-state index in [1.807, 2.05) is 60.7 Å². The van der Waals surface area contributed by atoms with Crippen LogP contribution in [0.3, 0.4) is 0 Å². The van der Waals surface area contributed by atoms with Crippen LogP contribution in [0, 0.1) is 6.92 Å². The summed E-state index contributed by atoms with van der Waals surface area (Å²) in [5.41, 5.74) is 5.41. The fourth-order valence-corrected chi connectivity index (χ4v) is 4.59. The number of aromatic nitrogens is 3. The number of nitrogens with one attached hydrogen (secondary N) is 1. The topological polar surface area (TPSA) is 111 Å². The van der Waals surface area contributed by atoms with Crippen molar-refractivity contribution in [3.63, 3.8) is 0 Å². The number of benzene rings is 3. The first-order chi connectivity index (χ1) is 16.9. The lowest BCUT2D eigenvalue weighted by Crippen LogP contribution is -2.12. The van der Waals surface area contributed by atoms with Crippen LogP contribution in [0.15, 0.2) is 96.2 Å². The highest BCUT2D eigenvalue weighted by molar-refractivity contribution is 7.89. The monoisotopic (exact) mass is 481 g/mol. The molecule has 3 N–H and O–H groups in total. The van der Waals surface area contributed by atoms with Crippen molar-refractivity contribution < 1.29 is 8.42 Å². The summed E-state index contributed by atoms with van der Waals surface area (Å²) >= 11 is 0. The fourth-order valence-electron chi connectivity index (χ4n) is 4.10. The van der Waals surface area contributed by atoms with Gasteiger partial charge in [0.15, 0.2) is 5.82 Å². The van der Waals surface area contributed by atoms with Crippen LogP contribution in [0.5, 0.6) is 0 Å². The number of hydrogen-bond donors (Lipinski definition) is 2. The van der Waals surface area contributed by atoms with Gasteiger partial charge in [-0.05, 0) is 35.2 Å². The summed E-state index contributed by atoms with van der Waals surface area (Å²) in [5.74, 6) is 0.641. The highest BCUT2D eigenvalue weighted by Crippen LogP contribution is 2.37. The molecule has 5 rings (SSSR count). The van der Waals surface area contributed by atoms with E-state index in [1.54, 1.807) is 6.20 Å². The van der Waals surface area contributed by atoms with Crippen LogP contribution in [0.4, 0.5) is 5.82 Å². The first-order valence-corrected chi connectivity index (χ1v) is 12.6. The van der Waals surface area contributed by atoms with E-state index in [0.29, 0.717) is 23.6 Å². The van der Waals surface area contributed by atoms with Crippen molar-refractivity contribution >= 4 is 26.6 Å². The highest BCUT2D eigenvalue weighted by Gasteiger charge is 2.17. The molecule has 0 fully saturated rings. The van der Waals surface area contributed by atoms with Gasteiger partial charge in [-0.2, -0.15) is 0 Å². The summed E-state index contributed by atoms with van der Waals surface area (Å²) in [5, 5.41) is 19.5. The Labute approximate surface area is 203 Å².